The Labute approximate surface area is 130 Å². The van der Waals surface area contributed by atoms with Crippen molar-refractivity contribution in [3.63, 3.8) is 0 Å². The van der Waals surface area contributed by atoms with Gasteiger partial charge in [0.2, 0.25) is 5.91 Å². The van der Waals surface area contributed by atoms with E-state index in [9.17, 15) is 10.1 Å². The van der Waals surface area contributed by atoms with E-state index in [1.54, 1.807) is 20.2 Å². The van der Waals surface area contributed by atoms with Gasteiger partial charge in [-0.3, -0.25) is 4.79 Å². The third kappa shape index (κ3) is 4.21. The molecule has 116 valence electrons. The quantitative estimate of drug-likeness (QED) is 0.816. The fourth-order valence-electron chi connectivity index (χ4n) is 1.54. The second-order valence-corrected chi connectivity index (χ2v) is 7.14. The first kappa shape index (κ1) is 17.5. The first-order valence-electron chi connectivity index (χ1n) is 7.00. The van der Waals surface area contributed by atoms with E-state index in [1.807, 2.05) is 32.3 Å². The summed E-state index contributed by atoms with van der Waals surface area (Å²) in [5.74, 6) is -0.140. The van der Waals surface area contributed by atoms with Gasteiger partial charge in [-0.1, -0.05) is 25.6 Å². The van der Waals surface area contributed by atoms with Gasteiger partial charge in [-0.15, -0.1) is 10.2 Å². The highest BCUT2D eigenvalue weighted by Gasteiger charge is 2.32. The minimum absolute atomic E-state index is 0.0305. The van der Waals surface area contributed by atoms with E-state index in [0.717, 1.165) is 0 Å². The molecule has 21 heavy (non-hydrogen) atoms. The van der Waals surface area contributed by atoms with Crippen LogP contribution in [-0.4, -0.2) is 31.5 Å². The minimum Gasteiger partial charge on any atom is -0.337 e. The molecule has 0 radical (unpaired) electrons. The van der Waals surface area contributed by atoms with E-state index in [-0.39, 0.29) is 23.1 Å². The lowest BCUT2D eigenvalue weighted by atomic mass is 9.90. The summed E-state index contributed by atoms with van der Waals surface area (Å²) in [5.41, 5.74) is -0.863. The normalized spacial score (nSPS) is 15.6. The molecule has 0 bridgehead atoms. The molecule has 0 aliphatic carbocycles. The summed E-state index contributed by atoms with van der Waals surface area (Å²) < 4.78 is 1.92. The number of hydrogen-bond acceptors (Lipinski definition) is 5. The molecule has 1 aromatic heterocycles. The van der Waals surface area contributed by atoms with Gasteiger partial charge in [0.15, 0.2) is 5.16 Å². The van der Waals surface area contributed by atoms with Crippen molar-refractivity contribution in [2.45, 2.75) is 63.5 Å². The van der Waals surface area contributed by atoms with Crippen molar-refractivity contribution in [1.82, 2.24) is 20.1 Å². The van der Waals surface area contributed by atoms with Crippen molar-refractivity contribution in [2.24, 2.45) is 5.92 Å². The first-order valence-corrected chi connectivity index (χ1v) is 7.88. The van der Waals surface area contributed by atoms with Gasteiger partial charge >= 0.3 is 0 Å². The number of carbonyl (C=O) groups is 1. The SMILES string of the molecule is CC(Sc1nncn1C(C)C)C(=O)NC(C)(C#N)C(C)C. The predicted molar refractivity (Wildman–Crippen MR) is 82.7 cm³/mol. The zero-order chi connectivity index (χ0) is 16.2. The summed E-state index contributed by atoms with van der Waals surface area (Å²) in [4.78, 5) is 12.3. The molecule has 0 saturated heterocycles. The first-order chi connectivity index (χ1) is 9.71. The molecular formula is C14H23N5OS. The predicted octanol–water partition coefficient (Wildman–Crippen LogP) is 2.39. The van der Waals surface area contributed by atoms with Gasteiger partial charge in [0.25, 0.3) is 0 Å². The second-order valence-electron chi connectivity index (χ2n) is 5.83. The summed E-state index contributed by atoms with van der Waals surface area (Å²) in [7, 11) is 0. The number of hydrogen-bond donors (Lipinski definition) is 1. The lowest BCUT2D eigenvalue weighted by molar-refractivity contribution is -0.121. The molecule has 6 nitrogen and oxygen atoms in total. The fourth-order valence-corrected chi connectivity index (χ4v) is 2.50. The molecule has 1 aromatic rings. The van der Waals surface area contributed by atoms with Gasteiger partial charge in [0.05, 0.1) is 11.3 Å². The van der Waals surface area contributed by atoms with Gasteiger partial charge in [0, 0.05) is 6.04 Å². The lowest BCUT2D eigenvalue weighted by Gasteiger charge is -2.28. The maximum absolute atomic E-state index is 12.3. The Balaban J connectivity index is 2.76. The molecule has 7 heteroatoms. The van der Waals surface area contributed by atoms with Crippen LogP contribution in [0.25, 0.3) is 0 Å². The molecule has 0 aromatic carbocycles. The van der Waals surface area contributed by atoms with Crippen LogP contribution >= 0.6 is 11.8 Å². The molecule has 0 spiro atoms. The van der Waals surface area contributed by atoms with Gasteiger partial charge < -0.3 is 9.88 Å². The molecule has 2 unspecified atom stereocenters. The zero-order valence-electron chi connectivity index (χ0n) is 13.4. The Hall–Kier alpha value is -1.55. The van der Waals surface area contributed by atoms with E-state index in [4.69, 9.17) is 0 Å². The average molecular weight is 309 g/mol. The number of amides is 1. The summed E-state index contributed by atoms with van der Waals surface area (Å²) in [5, 5.41) is 20.4. The van der Waals surface area contributed by atoms with Crippen LogP contribution in [0.5, 0.6) is 0 Å². The molecule has 2 atom stereocenters. The van der Waals surface area contributed by atoms with Crippen LogP contribution in [0.4, 0.5) is 0 Å². The third-order valence-electron chi connectivity index (χ3n) is 3.52. The number of nitrogens with zero attached hydrogens (tertiary/aromatic N) is 4. The van der Waals surface area contributed by atoms with Crippen molar-refractivity contribution >= 4 is 17.7 Å². The largest absolute Gasteiger partial charge is 0.337 e. The highest BCUT2D eigenvalue weighted by Crippen LogP contribution is 2.24. The van der Waals surface area contributed by atoms with Crippen LogP contribution in [0.2, 0.25) is 0 Å². The Morgan fingerprint density at radius 3 is 2.52 bits per heavy atom. The van der Waals surface area contributed by atoms with E-state index in [2.05, 4.69) is 21.6 Å². The van der Waals surface area contributed by atoms with E-state index >= 15 is 0 Å². The van der Waals surface area contributed by atoms with Crippen molar-refractivity contribution in [3.05, 3.63) is 6.33 Å². The van der Waals surface area contributed by atoms with Gasteiger partial charge in [-0.25, -0.2) is 0 Å². The van der Waals surface area contributed by atoms with Crippen molar-refractivity contribution in [1.29, 1.82) is 5.26 Å². The summed E-state index contributed by atoms with van der Waals surface area (Å²) in [6.45, 7) is 11.4. The van der Waals surface area contributed by atoms with Crippen LogP contribution in [0.3, 0.4) is 0 Å². The van der Waals surface area contributed by atoms with Crippen molar-refractivity contribution in [2.75, 3.05) is 0 Å². The molecule has 1 amide bonds. The Kier molecular flexibility index (Phi) is 5.78. The molecule has 0 fully saturated rings. The number of rotatable bonds is 6. The van der Waals surface area contributed by atoms with Crippen LogP contribution in [0.1, 0.15) is 47.6 Å². The standard InChI is InChI=1S/C14H23N5OS/c1-9(2)14(6,7-15)17-12(20)11(5)21-13-18-16-8-19(13)10(3)4/h8-11H,1-6H3,(H,17,20). The van der Waals surface area contributed by atoms with Gasteiger partial charge in [0.1, 0.15) is 11.9 Å². The molecule has 0 aliphatic heterocycles. The summed E-state index contributed by atoms with van der Waals surface area (Å²) in [6.07, 6.45) is 1.66. The highest BCUT2D eigenvalue weighted by molar-refractivity contribution is 8.00. The van der Waals surface area contributed by atoms with Crippen molar-refractivity contribution < 1.29 is 4.79 Å². The lowest BCUT2D eigenvalue weighted by Crippen LogP contribution is -2.51. The Morgan fingerprint density at radius 2 is 2.05 bits per heavy atom. The van der Waals surface area contributed by atoms with E-state index in [1.165, 1.54) is 11.8 Å². The monoisotopic (exact) mass is 309 g/mol. The maximum Gasteiger partial charge on any atom is 0.234 e. The second kappa shape index (κ2) is 6.94. The average Bonchev–Trinajstić information content (AvgIpc) is 2.86. The van der Waals surface area contributed by atoms with Crippen LogP contribution in [0.15, 0.2) is 11.5 Å². The number of aromatic nitrogens is 3. The number of nitriles is 1. The fraction of sp³-hybridized carbons (Fsp3) is 0.714. The number of carbonyl (C=O) groups excluding carboxylic acids is 1. The number of nitrogens with one attached hydrogen (secondary N) is 1. The topological polar surface area (TPSA) is 83.6 Å². The summed E-state index contributed by atoms with van der Waals surface area (Å²) >= 11 is 1.34. The van der Waals surface area contributed by atoms with Crippen LogP contribution < -0.4 is 5.32 Å². The van der Waals surface area contributed by atoms with Crippen LogP contribution in [-0.2, 0) is 4.79 Å². The molecule has 1 heterocycles. The zero-order valence-corrected chi connectivity index (χ0v) is 14.2. The van der Waals surface area contributed by atoms with E-state index < -0.39 is 5.54 Å². The minimum atomic E-state index is -0.863. The third-order valence-corrected chi connectivity index (χ3v) is 4.59. The maximum atomic E-state index is 12.3. The van der Waals surface area contributed by atoms with Gasteiger partial charge in [-0.2, -0.15) is 5.26 Å². The Bertz CT molecular complexity index is 534. The van der Waals surface area contributed by atoms with Crippen molar-refractivity contribution in [3.8, 4) is 6.07 Å². The molecule has 1 N–H and O–H groups in total. The van der Waals surface area contributed by atoms with Crippen LogP contribution in [0, 0.1) is 17.2 Å². The van der Waals surface area contributed by atoms with Gasteiger partial charge in [-0.05, 0) is 33.6 Å². The number of thioether (sulfide) groups is 1. The molecule has 0 saturated carbocycles. The highest BCUT2D eigenvalue weighted by atomic mass is 32.2. The summed E-state index contributed by atoms with van der Waals surface area (Å²) in [6, 6.07) is 2.41. The molecular weight excluding hydrogens is 286 g/mol. The molecule has 1 rings (SSSR count). The van der Waals surface area contributed by atoms with E-state index in [0.29, 0.717) is 5.16 Å². The molecule has 0 aliphatic rings. The smallest absolute Gasteiger partial charge is 0.234 e. The Morgan fingerprint density at radius 1 is 1.43 bits per heavy atom.